The number of carboxylic acids is 1. The number of ether oxygens (including phenoxy) is 2. The summed E-state index contributed by atoms with van der Waals surface area (Å²) in [6, 6.07) is 8.92. The Morgan fingerprint density at radius 3 is 2.00 bits per heavy atom. The van der Waals surface area contributed by atoms with Crippen molar-refractivity contribution < 1.29 is 55.3 Å². The molecule has 1 unspecified atom stereocenters. The maximum absolute atomic E-state index is 13.6. The van der Waals surface area contributed by atoms with Gasteiger partial charge in [-0.15, -0.1) is 0 Å². The molecule has 0 saturated carbocycles. The van der Waals surface area contributed by atoms with E-state index in [2.05, 4.69) is 10.6 Å². The van der Waals surface area contributed by atoms with E-state index in [0.717, 1.165) is 6.07 Å². The first-order valence-electron chi connectivity index (χ1n) is 12.1. The number of amidine groups is 1. The Balaban J connectivity index is 0.00000112. The van der Waals surface area contributed by atoms with E-state index in [1.165, 1.54) is 31.2 Å². The van der Waals surface area contributed by atoms with Crippen LogP contribution in [-0.2, 0) is 25.3 Å². The number of carboxylic acid groups (broad SMARTS) is 1. The van der Waals surface area contributed by atoms with Crippen molar-refractivity contribution in [2.75, 3.05) is 18.5 Å². The first kappa shape index (κ1) is 35.7. The van der Waals surface area contributed by atoms with E-state index in [1.54, 1.807) is 12.1 Å². The molecule has 2 rings (SSSR count). The number of aliphatic carboxylic acids is 1. The molecule has 0 saturated heterocycles. The molecule has 6 N–H and O–H groups in total. The number of alkyl halides is 6. The zero-order chi connectivity index (χ0) is 32.3. The van der Waals surface area contributed by atoms with E-state index < -0.39 is 48.2 Å². The van der Waals surface area contributed by atoms with Gasteiger partial charge in [0.05, 0.1) is 24.3 Å². The summed E-state index contributed by atoms with van der Waals surface area (Å²) in [5, 5.41) is 19.5. The number of hydrogen-bond donors (Lipinski definition) is 5. The summed E-state index contributed by atoms with van der Waals surface area (Å²) in [5.41, 5.74) is 5.50. The van der Waals surface area contributed by atoms with Crippen molar-refractivity contribution in [1.82, 2.24) is 5.32 Å². The van der Waals surface area contributed by atoms with Gasteiger partial charge in [0.1, 0.15) is 24.6 Å². The van der Waals surface area contributed by atoms with E-state index in [0.29, 0.717) is 11.3 Å². The number of rotatable bonds is 11. The average molecular weight is 609 g/mol. The largest absolute Gasteiger partial charge is 0.491 e. The Hall–Kier alpha value is -4.34. The highest BCUT2D eigenvalue weighted by Gasteiger charge is 2.38. The number of nitrogen functional groups attached to an aromatic ring is 1. The summed E-state index contributed by atoms with van der Waals surface area (Å²) in [5.74, 6) is -4.47. The normalized spacial score (nSPS) is 12.0. The lowest BCUT2D eigenvalue weighted by Gasteiger charge is -2.19. The molecule has 42 heavy (non-hydrogen) atoms. The van der Waals surface area contributed by atoms with Crippen LogP contribution < -0.4 is 21.1 Å². The van der Waals surface area contributed by atoms with Crippen molar-refractivity contribution >= 4 is 29.3 Å². The number of nitrogens with one attached hydrogen (secondary N) is 3. The van der Waals surface area contributed by atoms with E-state index in [1.807, 2.05) is 13.8 Å². The van der Waals surface area contributed by atoms with Gasteiger partial charge < -0.3 is 30.9 Å². The predicted octanol–water partition coefficient (Wildman–Crippen LogP) is 4.63. The summed E-state index contributed by atoms with van der Waals surface area (Å²) in [4.78, 5) is 33.3. The van der Waals surface area contributed by atoms with Crippen molar-refractivity contribution in [2.45, 2.75) is 51.7 Å². The number of nitrogens with two attached hydrogens (primary N) is 1. The van der Waals surface area contributed by atoms with E-state index in [4.69, 9.17) is 30.5 Å². The SMILES string of the molecule is CC(C)OCCOc1ccc(C(C)NC(=O)CC(=O)Nc2ccc(C(=N)N)cc2)cc1C(F)(F)F.O=C(O)C(F)(F)F. The minimum Gasteiger partial charge on any atom is -0.491 e. The second-order valence-electron chi connectivity index (χ2n) is 8.83. The summed E-state index contributed by atoms with van der Waals surface area (Å²) < 4.78 is 83.0. The fraction of sp³-hybridized carbons (Fsp3) is 0.385. The summed E-state index contributed by atoms with van der Waals surface area (Å²) in [6.45, 7) is 5.23. The number of carbonyl (C=O) groups excluding carboxylic acids is 2. The van der Waals surface area contributed by atoms with Gasteiger partial charge in [0.15, 0.2) is 0 Å². The van der Waals surface area contributed by atoms with Crippen LogP contribution in [0, 0.1) is 5.41 Å². The third-order valence-electron chi connectivity index (χ3n) is 5.02. The molecule has 10 nitrogen and oxygen atoms in total. The average Bonchev–Trinajstić information content (AvgIpc) is 2.85. The van der Waals surface area contributed by atoms with Gasteiger partial charge in [0.25, 0.3) is 0 Å². The Labute approximate surface area is 236 Å². The minimum absolute atomic E-state index is 0.0422. The number of anilines is 1. The fourth-order valence-corrected chi connectivity index (χ4v) is 3.06. The topological polar surface area (TPSA) is 164 Å². The Morgan fingerprint density at radius 2 is 1.52 bits per heavy atom. The second kappa shape index (κ2) is 15.6. The van der Waals surface area contributed by atoms with Gasteiger partial charge >= 0.3 is 18.3 Å². The first-order chi connectivity index (χ1) is 19.3. The van der Waals surface area contributed by atoms with Gasteiger partial charge in [-0.25, -0.2) is 4.79 Å². The van der Waals surface area contributed by atoms with Crippen LogP contribution in [-0.4, -0.2) is 54.2 Å². The Morgan fingerprint density at radius 1 is 0.952 bits per heavy atom. The van der Waals surface area contributed by atoms with Crippen molar-refractivity contribution in [3.05, 3.63) is 59.2 Å². The predicted molar refractivity (Wildman–Crippen MR) is 139 cm³/mol. The fourth-order valence-electron chi connectivity index (χ4n) is 3.06. The van der Waals surface area contributed by atoms with Crippen LogP contribution in [0.25, 0.3) is 0 Å². The standard InChI is InChI=1S/C24H29F3N4O4.C2HF3O2/c1-14(2)34-10-11-35-20-9-6-17(12-19(20)24(25,26)27)15(3)30-21(32)13-22(33)31-18-7-4-16(5-8-18)23(28)29;3-2(4,5)1(6)7/h4-9,12,14-15H,10-11,13H2,1-3H3,(H3,28,29)(H,30,32)(H,31,33);(H,6,7). The van der Waals surface area contributed by atoms with Crippen LogP contribution in [0.3, 0.4) is 0 Å². The van der Waals surface area contributed by atoms with Crippen LogP contribution in [0.2, 0.25) is 0 Å². The second-order valence-corrected chi connectivity index (χ2v) is 8.83. The molecular formula is C26H30F6N4O6. The monoisotopic (exact) mass is 608 g/mol. The van der Waals surface area contributed by atoms with Crippen molar-refractivity contribution in [2.24, 2.45) is 5.73 Å². The zero-order valence-electron chi connectivity index (χ0n) is 22.7. The van der Waals surface area contributed by atoms with E-state index in [9.17, 15) is 35.9 Å². The number of carbonyl (C=O) groups is 3. The molecular weight excluding hydrogens is 578 g/mol. The van der Waals surface area contributed by atoms with Gasteiger partial charge in [0, 0.05) is 11.3 Å². The van der Waals surface area contributed by atoms with Gasteiger partial charge in [0.2, 0.25) is 11.8 Å². The highest BCUT2D eigenvalue weighted by Crippen LogP contribution is 2.37. The van der Waals surface area contributed by atoms with Gasteiger partial charge in [-0.05, 0) is 62.7 Å². The number of amides is 2. The number of hydrogen-bond acceptors (Lipinski definition) is 6. The van der Waals surface area contributed by atoms with Crippen molar-refractivity contribution in [1.29, 1.82) is 5.41 Å². The van der Waals surface area contributed by atoms with E-state index >= 15 is 0 Å². The molecule has 0 heterocycles. The molecule has 0 aliphatic carbocycles. The highest BCUT2D eigenvalue weighted by molar-refractivity contribution is 6.04. The smallest absolute Gasteiger partial charge is 0.490 e. The maximum Gasteiger partial charge on any atom is 0.490 e. The summed E-state index contributed by atoms with van der Waals surface area (Å²) >= 11 is 0. The molecule has 2 aromatic carbocycles. The number of benzene rings is 2. The maximum atomic E-state index is 13.6. The Kier molecular flexibility index (Phi) is 13.3. The molecule has 0 radical (unpaired) electrons. The van der Waals surface area contributed by atoms with Crippen LogP contribution in [0.5, 0.6) is 5.75 Å². The molecule has 0 aliphatic heterocycles. The van der Waals surface area contributed by atoms with Gasteiger partial charge in [-0.2, -0.15) is 26.3 Å². The van der Waals surface area contributed by atoms with Crippen LogP contribution >= 0.6 is 0 Å². The molecule has 0 aliphatic rings. The molecule has 0 fully saturated rings. The Bertz CT molecular complexity index is 1230. The molecule has 0 aromatic heterocycles. The molecule has 232 valence electrons. The zero-order valence-corrected chi connectivity index (χ0v) is 22.7. The lowest BCUT2D eigenvalue weighted by molar-refractivity contribution is -0.192. The van der Waals surface area contributed by atoms with Crippen LogP contribution in [0.4, 0.5) is 32.0 Å². The number of halogens is 6. The van der Waals surface area contributed by atoms with Crippen LogP contribution in [0.15, 0.2) is 42.5 Å². The van der Waals surface area contributed by atoms with Gasteiger partial charge in [-0.3, -0.25) is 15.0 Å². The summed E-state index contributed by atoms with van der Waals surface area (Å²) in [7, 11) is 0. The lowest BCUT2D eigenvalue weighted by Crippen LogP contribution is -2.30. The van der Waals surface area contributed by atoms with Crippen molar-refractivity contribution in [3.63, 3.8) is 0 Å². The van der Waals surface area contributed by atoms with Crippen LogP contribution in [0.1, 0.15) is 49.9 Å². The van der Waals surface area contributed by atoms with E-state index in [-0.39, 0.29) is 36.5 Å². The first-order valence-corrected chi connectivity index (χ1v) is 12.1. The molecule has 1 atom stereocenters. The molecule has 0 spiro atoms. The van der Waals surface area contributed by atoms with Crippen molar-refractivity contribution in [3.8, 4) is 5.75 Å². The third-order valence-corrected chi connectivity index (χ3v) is 5.02. The minimum atomic E-state index is -5.08. The molecule has 2 aromatic rings. The summed E-state index contributed by atoms with van der Waals surface area (Å²) in [6.07, 6.45) is -10.3. The highest BCUT2D eigenvalue weighted by atomic mass is 19.4. The molecule has 2 amide bonds. The lowest BCUT2D eigenvalue weighted by atomic mass is 10.0. The molecule has 0 bridgehead atoms. The quantitative estimate of drug-likeness (QED) is 0.0816. The van der Waals surface area contributed by atoms with Gasteiger partial charge in [-0.1, -0.05) is 6.07 Å². The third kappa shape index (κ3) is 12.9. The molecule has 16 heteroatoms.